The van der Waals surface area contributed by atoms with Crippen LogP contribution in [0, 0.1) is 5.41 Å². The lowest BCUT2D eigenvalue weighted by atomic mass is 9.73. The molecule has 2 aromatic rings. The molecule has 0 radical (unpaired) electrons. The quantitative estimate of drug-likeness (QED) is 0.799. The minimum Gasteiger partial charge on any atom is -0.493 e. The highest BCUT2D eigenvalue weighted by atomic mass is 16.6. The highest BCUT2D eigenvalue weighted by Crippen LogP contribution is 2.49. The van der Waals surface area contributed by atoms with Gasteiger partial charge in [0.2, 0.25) is 17.4 Å². The molecule has 0 saturated carbocycles. The van der Waals surface area contributed by atoms with Crippen molar-refractivity contribution in [2.75, 3.05) is 32.0 Å². The molecule has 0 amide bonds. The normalized spacial score (nSPS) is 20.0. The summed E-state index contributed by atoms with van der Waals surface area (Å²) >= 11 is 0. The lowest BCUT2D eigenvalue weighted by molar-refractivity contribution is -0.118. The monoisotopic (exact) mass is 400 g/mol. The first-order valence-electron chi connectivity index (χ1n) is 9.29. The number of nitrogens with one attached hydrogen (secondary N) is 2. The van der Waals surface area contributed by atoms with Crippen LogP contribution in [-0.2, 0) is 4.79 Å². The molecule has 1 aliphatic carbocycles. The number of fused-ring (bicyclic) bond motifs is 1. The summed E-state index contributed by atoms with van der Waals surface area (Å²) in [6, 6.07) is 3.12. The number of ether oxygens (including phenoxy) is 3. The van der Waals surface area contributed by atoms with Crippen LogP contribution < -0.4 is 24.8 Å². The van der Waals surface area contributed by atoms with E-state index in [9.17, 15) is 4.79 Å². The molecule has 1 aliphatic heterocycles. The van der Waals surface area contributed by atoms with Crippen molar-refractivity contribution in [3.05, 3.63) is 29.0 Å². The van der Waals surface area contributed by atoms with E-state index in [-0.39, 0.29) is 11.2 Å². The number of Topliss-reactive ketones (excluding diaryl/α,β-unsaturated/α-hetero) is 1. The summed E-state index contributed by atoms with van der Waals surface area (Å²) in [6.45, 7) is 4.14. The fraction of sp³-hybridized carbons (Fsp3) is 0.450. The van der Waals surface area contributed by atoms with Gasteiger partial charge < -0.3 is 24.8 Å². The predicted molar refractivity (Wildman–Crippen MR) is 105 cm³/mol. The summed E-state index contributed by atoms with van der Waals surface area (Å²) in [5.74, 6) is 2.40. The number of carbonyl (C=O) groups is 1. The van der Waals surface area contributed by atoms with E-state index in [2.05, 4.69) is 34.8 Å². The van der Waals surface area contributed by atoms with Crippen LogP contribution in [0.2, 0.25) is 0 Å². The van der Waals surface area contributed by atoms with E-state index >= 15 is 0 Å². The second kappa shape index (κ2) is 6.98. The molecule has 1 unspecified atom stereocenters. The van der Waals surface area contributed by atoms with Gasteiger partial charge in [-0.1, -0.05) is 13.8 Å². The third kappa shape index (κ3) is 3.16. The Morgan fingerprint density at radius 2 is 1.76 bits per heavy atom. The van der Waals surface area contributed by atoms with E-state index in [1.54, 1.807) is 27.4 Å². The van der Waals surface area contributed by atoms with Crippen molar-refractivity contribution in [2.24, 2.45) is 5.41 Å². The Bertz CT molecular complexity index is 995. The van der Waals surface area contributed by atoms with Crippen molar-refractivity contribution in [1.82, 2.24) is 10.3 Å². The summed E-state index contributed by atoms with van der Waals surface area (Å²) in [7, 11) is 4.66. The van der Waals surface area contributed by atoms with E-state index in [1.165, 1.54) is 0 Å². The minimum absolute atomic E-state index is 0.0557. The smallest absolute Gasteiger partial charge is 0.219 e. The topological polar surface area (TPSA) is 108 Å². The van der Waals surface area contributed by atoms with Crippen molar-refractivity contribution in [3.63, 3.8) is 0 Å². The van der Waals surface area contributed by atoms with Crippen LogP contribution in [0.5, 0.6) is 17.2 Å². The van der Waals surface area contributed by atoms with E-state index in [4.69, 9.17) is 18.8 Å². The standard InChI is InChI=1S/C20H24N4O5/c1-20(2)8-11-14(12(25)9-20)15(22-19-18(21-11)23-29-24-19)10-6-7-13(26-3)17(28-5)16(10)27-4/h6-7,15H,8-9H2,1-5H3,(H,21,23)(H,22,24). The number of hydrogen-bond donors (Lipinski definition) is 2. The Labute approximate surface area is 168 Å². The van der Waals surface area contributed by atoms with Crippen molar-refractivity contribution in [1.29, 1.82) is 0 Å². The summed E-state index contributed by atoms with van der Waals surface area (Å²) in [5, 5.41) is 14.4. The zero-order chi connectivity index (χ0) is 20.8. The molecule has 4 rings (SSSR count). The molecule has 0 bridgehead atoms. The third-order valence-corrected chi connectivity index (χ3v) is 5.29. The minimum atomic E-state index is -0.524. The third-order valence-electron chi connectivity index (χ3n) is 5.29. The highest BCUT2D eigenvalue weighted by molar-refractivity contribution is 6.01. The van der Waals surface area contributed by atoms with Crippen LogP contribution in [0.4, 0.5) is 11.6 Å². The number of benzene rings is 1. The van der Waals surface area contributed by atoms with Gasteiger partial charge in [-0.25, -0.2) is 4.63 Å². The Kier molecular flexibility index (Phi) is 4.60. The number of anilines is 2. The number of nitrogens with zero attached hydrogens (tertiary/aromatic N) is 2. The maximum Gasteiger partial charge on any atom is 0.219 e. The fourth-order valence-electron chi connectivity index (χ4n) is 4.08. The van der Waals surface area contributed by atoms with Gasteiger partial charge >= 0.3 is 0 Å². The molecule has 9 heteroatoms. The zero-order valence-electron chi connectivity index (χ0n) is 17.1. The number of allylic oxidation sites excluding steroid dienone is 1. The maximum absolute atomic E-state index is 13.2. The average Bonchev–Trinajstić information content (AvgIpc) is 3.04. The molecule has 1 aromatic heterocycles. The Hall–Kier alpha value is -3.23. The summed E-state index contributed by atoms with van der Waals surface area (Å²) in [5.41, 5.74) is 1.99. The summed E-state index contributed by atoms with van der Waals surface area (Å²) in [4.78, 5) is 13.2. The van der Waals surface area contributed by atoms with Gasteiger partial charge in [0.25, 0.3) is 0 Å². The van der Waals surface area contributed by atoms with E-state index in [0.29, 0.717) is 47.3 Å². The second-order valence-electron chi connectivity index (χ2n) is 7.92. The number of hydrogen-bond acceptors (Lipinski definition) is 9. The predicted octanol–water partition coefficient (Wildman–Crippen LogP) is 3.32. The molecule has 0 saturated heterocycles. The SMILES string of the molecule is COc1ccc(C2Nc3nonc3NC3=C2C(=O)CC(C)(C)C3)c(OC)c1OC. The molecule has 0 spiro atoms. The van der Waals surface area contributed by atoms with Crippen LogP contribution in [-0.4, -0.2) is 37.4 Å². The van der Waals surface area contributed by atoms with Crippen molar-refractivity contribution >= 4 is 17.4 Å². The first kappa shape index (κ1) is 19.1. The van der Waals surface area contributed by atoms with Crippen LogP contribution in [0.1, 0.15) is 38.3 Å². The Balaban J connectivity index is 1.93. The Morgan fingerprint density at radius 1 is 1.03 bits per heavy atom. The van der Waals surface area contributed by atoms with Gasteiger partial charge in [-0.15, -0.1) is 0 Å². The molecule has 1 aromatic carbocycles. The van der Waals surface area contributed by atoms with Crippen LogP contribution in [0.15, 0.2) is 28.0 Å². The van der Waals surface area contributed by atoms with Gasteiger partial charge in [-0.2, -0.15) is 0 Å². The van der Waals surface area contributed by atoms with Gasteiger partial charge in [-0.05, 0) is 34.3 Å². The highest BCUT2D eigenvalue weighted by Gasteiger charge is 2.41. The van der Waals surface area contributed by atoms with Crippen LogP contribution in [0.3, 0.4) is 0 Å². The number of carbonyl (C=O) groups excluding carboxylic acids is 1. The number of methoxy groups -OCH3 is 3. The molecule has 29 heavy (non-hydrogen) atoms. The lowest BCUT2D eigenvalue weighted by Gasteiger charge is -2.34. The zero-order valence-corrected chi connectivity index (χ0v) is 17.1. The first-order chi connectivity index (χ1) is 13.9. The van der Waals surface area contributed by atoms with Gasteiger partial charge in [0.05, 0.1) is 27.4 Å². The molecular formula is C20H24N4O5. The largest absolute Gasteiger partial charge is 0.493 e. The van der Waals surface area contributed by atoms with Gasteiger partial charge in [0.15, 0.2) is 17.3 Å². The summed E-state index contributed by atoms with van der Waals surface area (Å²) < 4.78 is 21.5. The molecule has 1 atom stereocenters. The van der Waals surface area contributed by atoms with Gasteiger partial charge in [-0.3, -0.25) is 4.79 Å². The maximum atomic E-state index is 13.2. The molecular weight excluding hydrogens is 376 g/mol. The Morgan fingerprint density at radius 3 is 2.45 bits per heavy atom. The molecule has 2 N–H and O–H groups in total. The first-order valence-corrected chi connectivity index (χ1v) is 9.29. The summed E-state index contributed by atoms with van der Waals surface area (Å²) in [6.07, 6.45) is 1.13. The number of rotatable bonds is 4. The van der Waals surface area contributed by atoms with Gasteiger partial charge in [0.1, 0.15) is 0 Å². The molecule has 9 nitrogen and oxygen atoms in total. The number of aromatic nitrogens is 2. The van der Waals surface area contributed by atoms with Crippen molar-refractivity contribution < 1.29 is 23.6 Å². The van der Waals surface area contributed by atoms with Crippen LogP contribution in [0.25, 0.3) is 0 Å². The van der Waals surface area contributed by atoms with Crippen molar-refractivity contribution in [3.8, 4) is 17.2 Å². The van der Waals surface area contributed by atoms with E-state index in [0.717, 1.165) is 11.3 Å². The molecule has 2 aliphatic rings. The number of ketones is 1. The fourth-order valence-corrected chi connectivity index (χ4v) is 4.08. The van der Waals surface area contributed by atoms with Gasteiger partial charge in [0, 0.05) is 23.3 Å². The average molecular weight is 400 g/mol. The van der Waals surface area contributed by atoms with E-state index in [1.807, 2.05) is 6.07 Å². The van der Waals surface area contributed by atoms with E-state index < -0.39 is 6.04 Å². The molecule has 154 valence electrons. The van der Waals surface area contributed by atoms with Crippen molar-refractivity contribution in [2.45, 2.75) is 32.7 Å². The second-order valence-corrected chi connectivity index (χ2v) is 7.92. The molecule has 0 fully saturated rings. The van der Waals surface area contributed by atoms with Crippen LogP contribution >= 0.6 is 0 Å². The lowest BCUT2D eigenvalue weighted by Crippen LogP contribution is -2.31. The molecule has 2 heterocycles.